The van der Waals surface area contributed by atoms with Crippen molar-refractivity contribution < 1.29 is 14.3 Å². The van der Waals surface area contributed by atoms with Crippen LogP contribution in [0.1, 0.15) is 17.5 Å². The van der Waals surface area contributed by atoms with Crippen molar-refractivity contribution in [1.29, 1.82) is 0 Å². The van der Waals surface area contributed by atoms with Gasteiger partial charge in [0, 0.05) is 24.3 Å². The van der Waals surface area contributed by atoms with Crippen LogP contribution >= 0.6 is 0 Å². The molecule has 1 heterocycles. The fourth-order valence-electron chi connectivity index (χ4n) is 3.70. The lowest BCUT2D eigenvalue weighted by Gasteiger charge is -2.20. The molecular weight excluding hydrogens is 316 g/mol. The van der Waals surface area contributed by atoms with Gasteiger partial charge in [-0.3, -0.25) is 9.59 Å². The van der Waals surface area contributed by atoms with E-state index in [0.29, 0.717) is 25.2 Å². The van der Waals surface area contributed by atoms with Crippen LogP contribution < -0.4 is 10.6 Å². The number of hydrogen-bond acceptors (Lipinski definition) is 5. The van der Waals surface area contributed by atoms with Gasteiger partial charge in [0.2, 0.25) is 0 Å². The van der Waals surface area contributed by atoms with Crippen molar-refractivity contribution in [1.82, 2.24) is 0 Å². The van der Waals surface area contributed by atoms with Crippen LogP contribution in [-0.4, -0.2) is 31.4 Å². The van der Waals surface area contributed by atoms with E-state index in [9.17, 15) is 9.59 Å². The van der Waals surface area contributed by atoms with Crippen LogP contribution in [0.2, 0.25) is 0 Å². The molecular formula is C20H20N2O3. The van der Waals surface area contributed by atoms with E-state index in [1.165, 1.54) is 7.11 Å². The maximum atomic E-state index is 12.0. The molecule has 0 aromatic heterocycles. The fraction of sp³-hybridized carbons (Fsp3) is 0.300. The Morgan fingerprint density at radius 3 is 2.56 bits per heavy atom. The first kappa shape index (κ1) is 15.8. The molecule has 2 aliphatic rings. The van der Waals surface area contributed by atoms with Gasteiger partial charge in [0.05, 0.1) is 12.5 Å². The zero-order valence-electron chi connectivity index (χ0n) is 14.1. The van der Waals surface area contributed by atoms with E-state index in [4.69, 9.17) is 5.73 Å². The van der Waals surface area contributed by atoms with E-state index in [1.807, 2.05) is 36.4 Å². The highest BCUT2D eigenvalue weighted by molar-refractivity contribution is 6.10. The van der Waals surface area contributed by atoms with Gasteiger partial charge in [0.1, 0.15) is 11.8 Å². The highest BCUT2D eigenvalue weighted by Gasteiger charge is 2.60. The second kappa shape index (κ2) is 5.70. The number of anilines is 2. The van der Waals surface area contributed by atoms with Crippen molar-refractivity contribution in [3.05, 3.63) is 59.7 Å². The minimum Gasteiger partial charge on any atom is -0.468 e. The molecule has 0 saturated heterocycles. The predicted octanol–water partition coefficient (Wildman–Crippen LogP) is 2.09. The predicted molar refractivity (Wildman–Crippen MR) is 94.9 cm³/mol. The first-order valence-corrected chi connectivity index (χ1v) is 8.38. The second-order valence-electron chi connectivity index (χ2n) is 6.79. The summed E-state index contributed by atoms with van der Waals surface area (Å²) in [6.07, 6.45) is 1.07. The highest BCUT2D eigenvalue weighted by atomic mass is 16.5. The van der Waals surface area contributed by atoms with Gasteiger partial charge in [-0.05, 0) is 35.7 Å². The number of benzene rings is 2. The summed E-state index contributed by atoms with van der Waals surface area (Å²) >= 11 is 0. The van der Waals surface area contributed by atoms with E-state index in [0.717, 1.165) is 22.5 Å². The fourth-order valence-corrected chi connectivity index (χ4v) is 3.70. The van der Waals surface area contributed by atoms with E-state index in [1.54, 1.807) is 0 Å². The van der Waals surface area contributed by atoms with Gasteiger partial charge in [-0.15, -0.1) is 0 Å². The lowest BCUT2D eigenvalue weighted by atomic mass is 9.99. The molecule has 128 valence electrons. The number of ether oxygens (including phenoxy) is 1. The summed E-state index contributed by atoms with van der Waals surface area (Å²) in [5.74, 6) is -0.0881. The van der Waals surface area contributed by atoms with E-state index < -0.39 is 12.0 Å². The lowest BCUT2D eigenvalue weighted by Crippen LogP contribution is -2.33. The van der Waals surface area contributed by atoms with Gasteiger partial charge in [0.15, 0.2) is 0 Å². The number of methoxy groups -OCH3 is 1. The maximum Gasteiger partial charge on any atom is 0.322 e. The molecule has 5 heteroatoms. The van der Waals surface area contributed by atoms with Crippen LogP contribution in [0.25, 0.3) is 0 Å². The molecule has 2 aromatic rings. The van der Waals surface area contributed by atoms with Crippen LogP contribution in [-0.2, 0) is 26.2 Å². The first-order valence-electron chi connectivity index (χ1n) is 8.38. The molecule has 2 unspecified atom stereocenters. The topological polar surface area (TPSA) is 72.6 Å². The zero-order valence-corrected chi connectivity index (χ0v) is 14.1. The molecule has 1 spiro atoms. The number of fused-ring (bicyclic) bond motifs is 2. The molecule has 2 N–H and O–H groups in total. The van der Waals surface area contributed by atoms with Crippen molar-refractivity contribution in [2.24, 2.45) is 5.73 Å². The summed E-state index contributed by atoms with van der Waals surface area (Å²) in [4.78, 5) is 25.7. The van der Waals surface area contributed by atoms with Crippen LogP contribution in [0.5, 0.6) is 0 Å². The number of nitrogens with zero attached hydrogens (tertiary/aromatic N) is 1. The Hall–Kier alpha value is -2.66. The lowest BCUT2D eigenvalue weighted by molar-refractivity contribution is -0.142. The molecule has 1 fully saturated rings. The molecule has 2 aromatic carbocycles. The Balaban J connectivity index is 1.57. The summed E-state index contributed by atoms with van der Waals surface area (Å²) in [7, 11) is 1.34. The van der Waals surface area contributed by atoms with Gasteiger partial charge < -0.3 is 15.4 Å². The number of hydrogen-bond donors (Lipinski definition) is 1. The monoisotopic (exact) mass is 336 g/mol. The smallest absolute Gasteiger partial charge is 0.322 e. The normalized spacial score (nSPS) is 22.0. The molecule has 1 saturated carbocycles. The Morgan fingerprint density at radius 1 is 1.24 bits per heavy atom. The van der Waals surface area contributed by atoms with Gasteiger partial charge in [-0.1, -0.05) is 30.3 Å². The second-order valence-corrected chi connectivity index (χ2v) is 6.79. The van der Waals surface area contributed by atoms with Crippen LogP contribution in [0.4, 0.5) is 11.4 Å². The summed E-state index contributed by atoms with van der Waals surface area (Å²) in [6.45, 7) is 0.701. The summed E-state index contributed by atoms with van der Waals surface area (Å²) in [6, 6.07) is 15.4. The van der Waals surface area contributed by atoms with Gasteiger partial charge in [0.25, 0.3) is 0 Å². The number of nitrogens with two attached hydrogens (primary N) is 1. The maximum absolute atomic E-state index is 12.0. The zero-order chi connectivity index (χ0) is 17.6. The van der Waals surface area contributed by atoms with Crippen molar-refractivity contribution in [3.63, 3.8) is 0 Å². The number of rotatable bonds is 4. The molecule has 1 aliphatic heterocycles. The molecule has 0 bridgehead atoms. The number of ketones is 1. The van der Waals surface area contributed by atoms with Gasteiger partial charge >= 0.3 is 5.97 Å². The van der Waals surface area contributed by atoms with E-state index >= 15 is 0 Å². The molecule has 5 nitrogen and oxygen atoms in total. The third-order valence-electron chi connectivity index (χ3n) is 5.22. The summed E-state index contributed by atoms with van der Waals surface area (Å²) < 4.78 is 4.66. The summed E-state index contributed by atoms with van der Waals surface area (Å²) in [5.41, 5.74) is 9.78. The molecule has 0 amide bonds. The Morgan fingerprint density at radius 2 is 1.92 bits per heavy atom. The van der Waals surface area contributed by atoms with Crippen molar-refractivity contribution >= 4 is 23.1 Å². The molecule has 2 atom stereocenters. The quantitative estimate of drug-likeness (QED) is 0.866. The van der Waals surface area contributed by atoms with Crippen LogP contribution in [0.3, 0.4) is 0 Å². The van der Waals surface area contributed by atoms with Crippen molar-refractivity contribution in [3.8, 4) is 0 Å². The number of carbonyl (C=O) groups is 2. The Kier molecular flexibility index (Phi) is 3.62. The SMILES string of the molecule is COC(=O)C(N)Cc1ccc(N2CC3(CC3=O)c3ccccc32)cc1. The van der Waals surface area contributed by atoms with Crippen LogP contribution in [0, 0.1) is 0 Å². The average Bonchev–Trinajstić information content (AvgIpc) is 3.17. The minimum absolute atomic E-state index is 0.303. The molecule has 1 aliphatic carbocycles. The van der Waals surface area contributed by atoms with E-state index in [2.05, 4.69) is 21.8 Å². The number of carbonyl (C=O) groups excluding carboxylic acids is 2. The highest BCUT2D eigenvalue weighted by Crippen LogP contribution is 2.55. The summed E-state index contributed by atoms with van der Waals surface area (Å²) in [5, 5.41) is 0. The molecule has 0 radical (unpaired) electrons. The van der Waals surface area contributed by atoms with Gasteiger partial charge in [-0.25, -0.2) is 0 Å². The third-order valence-corrected chi connectivity index (χ3v) is 5.22. The van der Waals surface area contributed by atoms with E-state index in [-0.39, 0.29) is 5.41 Å². The number of esters is 1. The molecule has 4 rings (SSSR count). The number of para-hydroxylation sites is 1. The largest absolute Gasteiger partial charge is 0.468 e. The van der Waals surface area contributed by atoms with Gasteiger partial charge in [-0.2, -0.15) is 0 Å². The van der Waals surface area contributed by atoms with Crippen LogP contribution in [0.15, 0.2) is 48.5 Å². The number of Topliss-reactive ketones (excluding diaryl/α,β-unsaturated/α-hetero) is 1. The average molecular weight is 336 g/mol. The molecule has 25 heavy (non-hydrogen) atoms. The Bertz CT molecular complexity index is 846. The van der Waals surface area contributed by atoms with Crippen molar-refractivity contribution in [2.75, 3.05) is 18.6 Å². The minimum atomic E-state index is -0.657. The standard InChI is InChI=1S/C20H20N2O3/c1-25-19(24)16(21)10-13-6-8-14(9-7-13)22-12-20(11-18(20)23)15-4-2-3-5-17(15)22/h2-9,16H,10-12,21H2,1H3. The first-order chi connectivity index (χ1) is 12.0. The van der Waals surface area contributed by atoms with Crippen molar-refractivity contribution in [2.45, 2.75) is 24.3 Å². The Labute approximate surface area is 146 Å². The third kappa shape index (κ3) is 2.51.